The molecule has 3 rings (SSSR count). The molecule has 0 bridgehead atoms. The quantitative estimate of drug-likeness (QED) is 0.892. The van der Waals surface area contributed by atoms with E-state index in [1.165, 1.54) is 16.0 Å². The van der Waals surface area contributed by atoms with Crippen LogP contribution in [0, 0.1) is 0 Å². The maximum Gasteiger partial charge on any atom is 0.279 e. The van der Waals surface area contributed by atoms with E-state index < -0.39 is 0 Å². The molecule has 0 aliphatic carbocycles. The number of quaternary nitrogens is 1. The number of hydrogen-bond acceptors (Lipinski definition) is 1. The van der Waals surface area contributed by atoms with Gasteiger partial charge in [-0.1, -0.05) is 35.9 Å². The van der Waals surface area contributed by atoms with Crippen molar-refractivity contribution in [3.05, 3.63) is 64.7 Å². The van der Waals surface area contributed by atoms with Crippen molar-refractivity contribution in [2.75, 3.05) is 18.4 Å². The maximum atomic E-state index is 12.1. The van der Waals surface area contributed by atoms with Crippen LogP contribution in [0.15, 0.2) is 48.5 Å². The molecular weight excluding hydrogens is 284 g/mol. The van der Waals surface area contributed by atoms with E-state index in [-0.39, 0.29) is 5.91 Å². The van der Waals surface area contributed by atoms with Gasteiger partial charge in [-0.2, -0.15) is 0 Å². The molecule has 4 heteroatoms. The standard InChI is InChI=1S/C17H17ClN2O/c18-15-5-7-16(8-6-15)19-17(21)12-20-10-9-13-3-1-2-4-14(13)11-20/h1-8H,9-12H2,(H,19,21)/p+1. The molecule has 1 atom stereocenters. The van der Waals surface area contributed by atoms with Crippen LogP contribution in [0.2, 0.25) is 5.02 Å². The molecule has 0 radical (unpaired) electrons. The number of carbonyl (C=O) groups excluding carboxylic acids is 1. The summed E-state index contributed by atoms with van der Waals surface area (Å²) in [5, 5.41) is 3.59. The molecule has 0 fully saturated rings. The predicted molar refractivity (Wildman–Crippen MR) is 84.6 cm³/mol. The Balaban J connectivity index is 1.57. The number of hydrogen-bond donors (Lipinski definition) is 2. The van der Waals surface area contributed by atoms with E-state index in [1.807, 2.05) is 12.1 Å². The smallest absolute Gasteiger partial charge is 0.279 e. The summed E-state index contributed by atoms with van der Waals surface area (Å²) >= 11 is 5.83. The SMILES string of the molecule is O=C(C[NH+]1CCc2ccccc2C1)Nc1ccc(Cl)cc1. The van der Waals surface area contributed by atoms with E-state index >= 15 is 0 Å². The van der Waals surface area contributed by atoms with Gasteiger partial charge in [0.25, 0.3) is 5.91 Å². The number of halogens is 1. The lowest BCUT2D eigenvalue weighted by atomic mass is 10.00. The zero-order valence-corrected chi connectivity index (χ0v) is 12.5. The second kappa shape index (κ2) is 6.29. The number of nitrogens with one attached hydrogen (secondary N) is 2. The van der Waals surface area contributed by atoms with Gasteiger partial charge in [-0.25, -0.2) is 0 Å². The number of amides is 1. The Morgan fingerprint density at radius 2 is 1.81 bits per heavy atom. The fourth-order valence-electron chi connectivity index (χ4n) is 2.76. The summed E-state index contributed by atoms with van der Waals surface area (Å²) in [5.74, 6) is 0.0479. The van der Waals surface area contributed by atoms with Gasteiger partial charge in [0.1, 0.15) is 6.54 Å². The molecule has 0 saturated carbocycles. The zero-order chi connectivity index (χ0) is 14.7. The molecule has 0 aromatic heterocycles. The number of anilines is 1. The minimum absolute atomic E-state index is 0.0479. The van der Waals surface area contributed by atoms with Gasteiger partial charge < -0.3 is 10.2 Å². The maximum absolute atomic E-state index is 12.1. The summed E-state index contributed by atoms with van der Waals surface area (Å²) < 4.78 is 0. The molecule has 1 aliphatic rings. The van der Waals surface area contributed by atoms with Crippen molar-refractivity contribution < 1.29 is 9.69 Å². The highest BCUT2D eigenvalue weighted by Crippen LogP contribution is 2.13. The van der Waals surface area contributed by atoms with Gasteiger partial charge in [-0.15, -0.1) is 0 Å². The molecule has 108 valence electrons. The van der Waals surface area contributed by atoms with Crippen LogP contribution in [-0.4, -0.2) is 19.0 Å². The van der Waals surface area contributed by atoms with Crippen LogP contribution in [0.4, 0.5) is 5.69 Å². The normalized spacial score (nSPS) is 17.1. The molecule has 1 heterocycles. The Bertz CT molecular complexity index is 639. The van der Waals surface area contributed by atoms with Gasteiger partial charge in [0.2, 0.25) is 0 Å². The first kappa shape index (κ1) is 14.1. The Labute approximate surface area is 129 Å². The van der Waals surface area contributed by atoms with Gasteiger partial charge in [0.15, 0.2) is 6.54 Å². The average Bonchev–Trinajstić information content (AvgIpc) is 2.49. The summed E-state index contributed by atoms with van der Waals surface area (Å²) in [4.78, 5) is 13.4. The zero-order valence-electron chi connectivity index (χ0n) is 11.7. The van der Waals surface area contributed by atoms with Gasteiger partial charge in [0.05, 0.1) is 6.54 Å². The Morgan fingerprint density at radius 3 is 2.57 bits per heavy atom. The van der Waals surface area contributed by atoms with Crippen LogP contribution >= 0.6 is 11.6 Å². The van der Waals surface area contributed by atoms with Crippen LogP contribution in [-0.2, 0) is 17.8 Å². The highest BCUT2D eigenvalue weighted by molar-refractivity contribution is 6.30. The van der Waals surface area contributed by atoms with Crippen molar-refractivity contribution in [2.24, 2.45) is 0 Å². The van der Waals surface area contributed by atoms with Gasteiger partial charge >= 0.3 is 0 Å². The summed E-state index contributed by atoms with van der Waals surface area (Å²) in [7, 11) is 0. The fraction of sp³-hybridized carbons (Fsp3) is 0.235. The first-order valence-electron chi connectivity index (χ1n) is 7.16. The highest BCUT2D eigenvalue weighted by atomic mass is 35.5. The third-order valence-electron chi connectivity index (χ3n) is 3.85. The minimum Gasteiger partial charge on any atom is -0.323 e. The first-order chi connectivity index (χ1) is 10.2. The predicted octanol–water partition coefficient (Wildman–Crippen LogP) is 1.92. The summed E-state index contributed by atoms with van der Waals surface area (Å²) in [6.45, 7) is 2.42. The molecule has 2 aromatic carbocycles. The van der Waals surface area contributed by atoms with Crippen molar-refractivity contribution in [3.63, 3.8) is 0 Å². The fourth-order valence-corrected chi connectivity index (χ4v) is 2.89. The van der Waals surface area contributed by atoms with Crippen molar-refractivity contribution >= 4 is 23.2 Å². The molecule has 1 amide bonds. The van der Waals surface area contributed by atoms with Crippen LogP contribution in [0.25, 0.3) is 0 Å². The number of rotatable bonds is 3. The molecule has 21 heavy (non-hydrogen) atoms. The van der Waals surface area contributed by atoms with Crippen molar-refractivity contribution in [3.8, 4) is 0 Å². The second-order valence-electron chi connectivity index (χ2n) is 5.43. The van der Waals surface area contributed by atoms with E-state index in [2.05, 4.69) is 29.6 Å². The largest absolute Gasteiger partial charge is 0.323 e. The molecule has 1 unspecified atom stereocenters. The van der Waals surface area contributed by atoms with E-state index in [1.54, 1.807) is 12.1 Å². The molecule has 0 spiro atoms. The number of carbonyl (C=O) groups is 1. The van der Waals surface area contributed by atoms with E-state index in [0.29, 0.717) is 11.6 Å². The van der Waals surface area contributed by atoms with Crippen molar-refractivity contribution in [1.29, 1.82) is 0 Å². The number of fused-ring (bicyclic) bond motifs is 1. The van der Waals surface area contributed by atoms with Crippen LogP contribution in [0.5, 0.6) is 0 Å². The first-order valence-corrected chi connectivity index (χ1v) is 7.54. The second-order valence-corrected chi connectivity index (χ2v) is 5.86. The molecule has 2 aromatic rings. The monoisotopic (exact) mass is 301 g/mol. The van der Waals surface area contributed by atoms with Crippen LogP contribution in [0.3, 0.4) is 0 Å². The minimum atomic E-state index is 0.0479. The van der Waals surface area contributed by atoms with Crippen LogP contribution in [0.1, 0.15) is 11.1 Å². The third kappa shape index (κ3) is 3.63. The summed E-state index contributed by atoms with van der Waals surface area (Å²) in [6.07, 6.45) is 1.04. The Morgan fingerprint density at radius 1 is 1.10 bits per heavy atom. The van der Waals surface area contributed by atoms with Crippen molar-refractivity contribution in [1.82, 2.24) is 0 Å². The average molecular weight is 302 g/mol. The van der Waals surface area contributed by atoms with Crippen LogP contribution < -0.4 is 10.2 Å². The summed E-state index contributed by atoms with van der Waals surface area (Å²) in [5.41, 5.74) is 3.57. The van der Waals surface area contributed by atoms with E-state index in [4.69, 9.17) is 11.6 Å². The Hall–Kier alpha value is -1.84. The van der Waals surface area contributed by atoms with Gasteiger partial charge in [-0.05, 0) is 29.8 Å². The molecule has 1 aliphatic heterocycles. The summed E-state index contributed by atoms with van der Waals surface area (Å²) in [6, 6.07) is 15.7. The highest BCUT2D eigenvalue weighted by Gasteiger charge is 2.21. The molecule has 2 N–H and O–H groups in total. The molecule has 0 saturated heterocycles. The molecule has 3 nitrogen and oxygen atoms in total. The Kier molecular flexibility index (Phi) is 4.23. The number of benzene rings is 2. The van der Waals surface area contributed by atoms with E-state index in [0.717, 1.165) is 25.2 Å². The third-order valence-corrected chi connectivity index (χ3v) is 4.10. The van der Waals surface area contributed by atoms with E-state index in [9.17, 15) is 4.79 Å². The van der Waals surface area contributed by atoms with Gasteiger partial charge in [-0.3, -0.25) is 4.79 Å². The van der Waals surface area contributed by atoms with Gasteiger partial charge in [0, 0.05) is 22.7 Å². The van der Waals surface area contributed by atoms with Crippen molar-refractivity contribution in [2.45, 2.75) is 13.0 Å². The lowest BCUT2D eigenvalue weighted by Crippen LogP contribution is -3.12. The molecular formula is C17H18ClN2O+. The lowest BCUT2D eigenvalue weighted by Gasteiger charge is -2.25. The topological polar surface area (TPSA) is 33.5 Å². The lowest BCUT2D eigenvalue weighted by molar-refractivity contribution is -0.907.